The van der Waals surface area contributed by atoms with Crippen molar-refractivity contribution < 1.29 is 19.4 Å². The van der Waals surface area contributed by atoms with Crippen LogP contribution in [0.15, 0.2) is 23.8 Å². The number of thiocarbonyl (C=S) groups is 1. The Morgan fingerprint density at radius 1 is 1.36 bits per heavy atom. The number of hydrogen-bond acceptors (Lipinski definition) is 5. The molecule has 0 spiro atoms. The number of nitrogens with one attached hydrogen (secondary N) is 1. The summed E-state index contributed by atoms with van der Waals surface area (Å²) in [5.74, 6) is -0.684. The van der Waals surface area contributed by atoms with Crippen LogP contribution in [0, 0.1) is 0 Å². The topological polar surface area (TPSA) is 78.9 Å². The number of likely N-dealkylation sites (N-methyl/N-ethyl adjacent to an activating group) is 1. The van der Waals surface area contributed by atoms with Crippen molar-refractivity contribution in [1.29, 1.82) is 0 Å². The molecule has 0 aromatic heterocycles. The summed E-state index contributed by atoms with van der Waals surface area (Å²) in [6.45, 7) is 4.33. The van der Waals surface area contributed by atoms with Gasteiger partial charge in [-0.15, -0.1) is 0 Å². The Balaban J connectivity index is 2.39. The van der Waals surface area contributed by atoms with Crippen molar-refractivity contribution in [2.75, 3.05) is 13.2 Å². The van der Waals surface area contributed by atoms with Gasteiger partial charge in [0.25, 0.3) is 11.8 Å². The Labute approximate surface area is 133 Å². The highest BCUT2D eigenvalue weighted by Gasteiger charge is 2.32. The molecular formula is C15H16N2O4S. The summed E-state index contributed by atoms with van der Waals surface area (Å²) in [5.41, 5.74) is 0.562. The van der Waals surface area contributed by atoms with Gasteiger partial charge in [-0.3, -0.25) is 19.8 Å². The zero-order valence-electron chi connectivity index (χ0n) is 12.3. The molecule has 0 atom stereocenters. The fourth-order valence-corrected chi connectivity index (χ4v) is 2.34. The second kappa shape index (κ2) is 6.57. The highest BCUT2D eigenvalue weighted by Crippen LogP contribution is 2.28. The minimum absolute atomic E-state index is 0.000199. The van der Waals surface area contributed by atoms with E-state index in [2.05, 4.69) is 5.32 Å². The van der Waals surface area contributed by atoms with Crippen LogP contribution in [-0.2, 0) is 9.59 Å². The molecule has 1 aromatic rings. The van der Waals surface area contributed by atoms with Gasteiger partial charge in [-0.1, -0.05) is 6.07 Å². The number of aromatic hydroxyl groups is 1. The third kappa shape index (κ3) is 3.09. The van der Waals surface area contributed by atoms with Crippen molar-refractivity contribution >= 4 is 35.2 Å². The van der Waals surface area contributed by atoms with Crippen LogP contribution in [0.2, 0.25) is 0 Å². The number of ether oxygens (including phenoxy) is 1. The average Bonchev–Trinajstić information content (AvgIpc) is 2.47. The first-order chi connectivity index (χ1) is 10.5. The summed E-state index contributed by atoms with van der Waals surface area (Å²) in [6.07, 6.45) is 1.45. The largest absolute Gasteiger partial charge is 0.504 e. The van der Waals surface area contributed by atoms with Crippen molar-refractivity contribution in [2.45, 2.75) is 13.8 Å². The van der Waals surface area contributed by atoms with Gasteiger partial charge < -0.3 is 9.84 Å². The van der Waals surface area contributed by atoms with E-state index in [0.717, 1.165) is 0 Å². The minimum Gasteiger partial charge on any atom is -0.504 e. The third-order valence-electron chi connectivity index (χ3n) is 3.10. The van der Waals surface area contributed by atoms with E-state index in [1.54, 1.807) is 26.0 Å². The molecule has 1 aromatic carbocycles. The molecule has 7 heteroatoms. The molecule has 1 saturated heterocycles. The zero-order valence-corrected chi connectivity index (χ0v) is 13.1. The molecule has 1 fully saturated rings. The molecule has 1 heterocycles. The predicted octanol–water partition coefficient (Wildman–Crippen LogP) is 1.44. The SMILES string of the molecule is CCOc1cc(/C=C2\C(=O)NC(=S)N(CC)C2=O)ccc1O. The Morgan fingerprint density at radius 2 is 2.09 bits per heavy atom. The van der Waals surface area contributed by atoms with E-state index in [1.165, 1.54) is 17.0 Å². The summed E-state index contributed by atoms with van der Waals surface area (Å²) in [6, 6.07) is 4.61. The van der Waals surface area contributed by atoms with Crippen molar-refractivity contribution in [3.05, 3.63) is 29.3 Å². The number of carbonyl (C=O) groups is 2. The second-order valence-electron chi connectivity index (χ2n) is 4.53. The molecule has 2 N–H and O–H groups in total. The highest BCUT2D eigenvalue weighted by atomic mass is 32.1. The lowest BCUT2D eigenvalue weighted by Crippen LogP contribution is -2.53. The molecule has 0 radical (unpaired) electrons. The highest BCUT2D eigenvalue weighted by molar-refractivity contribution is 7.80. The molecule has 2 amide bonds. The number of carbonyl (C=O) groups excluding carboxylic acids is 2. The smallest absolute Gasteiger partial charge is 0.265 e. The van der Waals surface area contributed by atoms with Gasteiger partial charge in [0, 0.05) is 6.54 Å². The molecule has 22 heavy (non-hydrogen) atoms. The lowest BCUT2D eigenvalue weighted by atomic mass is 10.1. The fraction of sp³-hybridized carbons (Fsp3) is 0.267. The average molecular weight is 320 g/mol. The van der Waals surface area contributed by atoms with Gasteiger partial charge in [-0.2, -0.15) is 0 Å². The number of benzene rings is 1. The molecule has 1 aliphatic rings. The monoisotopic (exact) mass is 320 g/mol. The number of hydrogen-bond donors (Lipinski definition) is 2. The van der Waals surface area contributed by atoms with Gasteiger partial charge in [-0.05, 0) is 49.8 Å². The van der Waals surface area contributed by atoms with Crippen LogP contribution in [0.1, 0.15) is 19.4 Å². The Kier molecular flexibility index (Phi) is 4.77. The van der Waals surface area contributed by atoms with Crippen LogP contribution in [0.25, 0.3) is 6.08 Å². The first-order valence-electron chi connectivity index (χ1n) is 6.82. The van der Waals surface area contributed by atoms with Gasteiger partial charge in [0.15, 0.2) is 16.6 Å². The lowest BCUT2D eigenvalue weighted by Gasteiger charge is -2.27. The van der Waals surface area contributed by atoms with Crippen molar-refractivity contribution in [1.82, 2.24) is 10.2 Å². The van der Waals surface area contributed by atoms with Crippen LogP contribution in [0.5, 0.6) is 11.5 Å². The maximum absolute atomic E-state index is 12.3. The zero-order chi connectivity index (χ0) is 16.3. The van der Waals surface area contributed by atoms with E-state index in [-0.39, 0.29) is 16.4 Å². The Bertz CT molecular complexity index is 670. The molecule has 0 unspecified atom stereocenters. The van der Waals surface area contributed by atoms with Gasteiger partial charge in [0.1, 0.15) is 5.57 Å². The van der Waals surface area contributed by atoms with Crippen LogP contribution in [-0.4, -0.2) is 40.1 Å². The van der Waals surface area contributed by atoms with Crippen LogP contribution in [0.3, 0.4) is 0 Å². The molecule has 6 nitrogen and oxygen atoms in total. The number of amides is 2. The van der Waals surface area contributed by atoms with Gasteiger partial charge in [-0.25, -0.2) is 0 Å². The number of rotatable bonds is 4. The third-order valence-corrected chi connectivity index (χ3v) is 3.42. The predicted molar refractivity (Wildman–Crippen MR) is 85.4 cm³/mol. The maximum atomic E-state index is 12.3. The molecular weight excluding hydrogens is 304 g/mol. The van der Waals surface area contributed by atoms with E-state index in [1.807, 2.05) is 0 Å². The molecule has 0 aliphatic carbocycles. The lowest BCUT2D eigenvalue weighted by molar-refractivity contribution is -0.128. The summed E-state index contributed by atoms with van der Waals surface area (Å²) < 4.78 is 5.28. The Morgan fingerprint density at radius 3 is 2.73 bits per heavy atom. The first-order valence-corrected chi connectivity index (χ1v) is 7.23. The fourth-order valence-electron chi connectivity index (χ4n) is 2.04. The summed E-state index contributed by atoms with van der Waals surface area (Å²) in [7, 11) is 0. The molecule has 0 saturated carbocycles. The molecule has 1 aliphatic heterocycles. The molecule has 116 valence electrons. The number of nitrogens with zero attached hydrogens (tertiary/aromatic N) is 1. The Hall–Kier alpha value is -2.41. The summed E-state index contributed by atoms with van der Waals surface area (Å²) >= 11 is 4.96. The molecule has 0 bridgehead atoms. The van der Waals surface area contributed by atoms with Gasteiger partial charge >= 0.3 is 0 Å². The van der Waals surface area contributed by atoms with E-state index in [0.29, 0.717) is 24.5 Å². The van der Waals surface area contributed by atoms with E-state index in [4.69, 9.17) is 17.0 Å². The normalized spacial score (nSPS) is 16.9. The van der Waals surface area contributed by atoms with E-state index < -0.39 is 11.8 Å². The van der Waals surface area contributed by atoms with Crippen molar-refractivity contribution in [3.63, 3.8) is 0 Å². The quantitative estimate of drug-likeness (QED) is 0.498. The van der Waals surface area contributed by atoms with Crippen LogP contribution < -0.4 is 10.1 Å². The van der Waals surface area contributed by atoms with Crippen molar-refractivity contribution in [3.8, 4) is 11.5 Å². The minimum atomic E-state index is -0.536. The van der Waals surface area contributed by atoms with Crippen LogP contribution in [0.4, 0.5) is 0 Å². The van der Waals surface area contributed by atoms with E-state index >= 15 is 0 Å². The standard InChI is InChI=1S/C15H16N2O4S/c1-3-17-14(20)10(13(19)16-15(17)22)7-9-5-6-11(18)12(8-9)21-4-2/h5-8,18H,3-4H2,1-2H3,(H,16,19,22)/b10-7+. The molecule has 2 rings (SSSR count). The van der Waals surface area contributed by atoms with Crippen LogP contribution >= 0.6 is 12.2 Å². The summed E-state index contributed by atoms with van der Waals surface area (Å²) in [4.78, 5) is 25.6. The number of phenolic OH excluding ortho intramolecular Hbond substituents is 1. The van der Waals surface area contributed by atoms with E-state index in [9.17, 15) is 14.7 Å². The van der Waals surface area contributed by atoms with Gasteiger partial charge in [0.2, 0.25) is 0 Å². The second-order valence-corrected chi connectivity index (χ2v) is 4.91. The number of phenols is 1. The maximum Gasteiger partial charge on any atom is 0.265 e. The van der Waals surface area contributed by atoms with Gasteiger partial charge in [0.05, 0.1) is 6.61 Å². The van der Waals surface area contributed by atoms with Crippen molar-refractivity contribution in [2.24, 2.45) is 0 Å². The summed E-state index contributed by atoms with van der Waals surface area (Å²) in [5, 5.41) is 12.3. The first kappa shape index (κ1) is 16.0.